The van der Waals surface area contributed by atoms with E-state index in [1.54, 1.807) is 0 Å². The molecule has 2 rings (SSSR count). The Morgan fingerprint density at radius 3 is 2.62 bits per heavy atom. The summed E-state index contributed by atoms with van der Waals surface area (Å²) in [4.78, 5) is 10.9. The average molecular weight is 390 g/mol. The van der Waals surface area contributed by atoms with Gasteiger partial charge in [0, 0.05) is 11.0 Å². The zero-order valence-corrected chi connectivity index (χ0v) is 14.2. The van der Waals surface area contributed by atoms with Crippen LogP contribution in [0, 0.1) is 6.92 Å². The molecule has 0 spiro atoms. The van der Waals surface area contributed by atoms with Gasteiger partial charge in [0.2, 0.25) is 10.0 Å². The Morgan fingerprint density at radius 2 is 2.10 bits per heavy atom. The van der Waals surface area contributed by atoms with Crippen molar-refractivity contribution in [3.63, 3.8) is 0 Å². The first kappa shape index (κ1) is 16.2. The molecule has 112 valence electrons. The minimum absolute atomic E-state index is 0.0142. The number of aromatic carboxylic acids is 1. The Bertz CT molecular complexity index is 783. The third-order valence-corrected chi connectivity index (χ3v) is 6.17. The van der Waals surface area contributed by atoms with Gasteiger partial charge in [-0.2, -0.15) is 11.3 Å². The molecule has 5 nitrogen and oxygen atoms in total. The molecule has 0 aliphatic heterocycles. The van der Waals surface area contributed by atoms with Gasteiger partial charge in [0.15, 0.2) is 0 Å². The van der Waals surface area contributed by atoms with Crippen LogP contribution < -0.4 is 4.72 Å². The molecule has 21 heavy (non-hydrogen) atoms. The number of carbonyl (C=O) groups is 1. The summed E-state index contributed by atoms with van der Waals surface area (Å²) < 4.78 is 27.2. The maximum absolute atomic E-state index is 12.3. The second-order valence-corrected chi connectivity index (χ2v) is 7.69. The second-order valence-electron chi connectivity index (χ2n) is 4.35. The molecular weight excluding hydrogens is 378 g/mol. The maximum atomic E-state index is 12.3. The minimum atomic E-state index is -3.71. The highest BCUT2D eigenvalue weighted by Crippen LogP contribution is 2.24. The van der Waals surface area contributed by atoms with Gasteiger partial charge in [-0.3, -0.25) is 0 Å². The van der Waals surface area contributed by atoms with Crippen LogP contribution in [0.1, 0.15) is 21.5 Å². The van der Waals surface area contributed by atoms with Gasteiger partial charge in [0.1, 0.15) is 0 Å². The van der Waals surface area contributed by atoms with Crippen molar-refractivity contribution in [1.82, 2.24) is 4.72 Å². The fourth-order valence-corrected chi connectivity index (χ4v) is 4.61. The summed E-state index contributed by atoms with van der Waals surface area (Å²) in [5.74, 6) is -1.11. The lowest BCUT2D eigenvalue weighted by Gasteiger charge is -2.09. The normalized spacial score (nSPS) is 11.5. The number of nitrogens with one attached hydrogen (secondary N) is 1. The molecule has 0 bridgehead atoms. The quantitative estimate of drug-likeness (QED) is 0.822. The molecule has 1 aromatic heterocycles. The van der Waals surface area contributed by atoms with E-state index in [9.17, 15) is 13.2 Å². The second kappa shape index (κ2) is 6.27. The summed E-state index contributed by atoms with van der Waals surface area (Å²) in [7, 11) is -3.71. The Hall–Kier alpha value is -1.22. The van der Waals surface area contributed by atoms with Crippen LogP contribution in [0.4, 0.5) is 0 Å². The van der Waals surface area contributed by atoms with Gasteiger partial charge in [-0.05, 0) is 62.9 Å². The fourth-order valence-electron chi connectivity index (χ4n) is 1.67. The van der Waals surface area contributed by atoms with Crippen LogP contribution in [0.25, 0.3) is 0 Å². The first-order chi connectivity index (χ1) is 9.81. The molecule has 1 heterocycles. The molecule has 0 aliphatic rings. The Labute approximate surface area is 134 Å². The van der Waals surface area contributed by atoms with Crippen LogP contribution in [-0.2, 0) is 16.6 Å². The Balaban J connectivity index is 2.23. The Morgan fingerprint density at radius 1 is 1.38 bits per heavy atom. The molecule has 2 N–H and O–H groups in total. The molecule has 0 radical (unpaired) electrons. The van der Waals surface area contributed by atoms with E-state index in [0.29, 0.717) is 0 Å². The van der Waals surface area contributed by atoms with Crippen LogP contribution in [0.15, 0.2) is 38.3 Å². The monoisotopic (exact) mass is 389 g/mol. The van der Waals surface area contributed by atoms with E-state index in [0.717, 1.165) is 11.1 Å². The number of thiophene rings is 1. The summed E-state index contributed by atoms with van der Waals surface area (Å²) in [6.45, 7) is 2.11. The largest absolute Gasteiger partial charge is 0.478 e. The minimum Gasteiger partial charge on any atom is -0.478 e. The van der Waals surface area contributed by atoms with Crippen molar-refractivity contribution in [2.75, 3.05) is 0 Å². The summed E-state index contributed by atoms with van der Waals surface area (Å²) in [5.41, 5.74) is 1.97. The zero-order chi connectivity index (χ0) is 15.6. The van der Waals surface area contributed by atoms with Gasteiger partial charge < -0.3 is 5.11 Å². The number of benzene rings is 1. The highest BCUT2D eigenvalue weighted by molar-refractivity contribution is 9.10. The van der Waals surface area contributed by atoms with Crippen LogP contribution in [0.3, 0.4) is 0 Å². The van der Waals surface area contributed by atoms with Crippen molar-refractivity contribution < 1.29 is 18.3 Å². The lowest BCUT2D eigenvalue weighted by Crippen LogP contribution is -2.23. The summed E-state index contributed by atoms with van der Waals surface area (Å²) >= 11 is 4.62. The lowest BCUT2D eigenvalue weighted by atomic mass is 10.2. The molecule has 0 aliphatic carbocycles. The molecular formula is C13H12BrNO4S2. The maximum Gasteiger partial charge on any atom is 0.335 e. The van der Waals surface area contributed by atoms with E-state index in [1.807, 2.05) is 17.7 Å². The van der Waals surface area contributed by atoms with Gasteiger partial charge in [-0.25, -0.2) is 17.9 Å². The first-order valence-electron chi connectivity index (χ1n) is 5.85. The van der Waals surface area contributed by atoms with Crippen LogP contribution >= 0.6 is 27.3 Å². The van der Waals surface area contributed by atoms with Crippen molar-refractivity contribution in [3.05, 3.63) is 50.1 Å². The number of hydrogen-bond acceptors (Lipinski definition) is 4. The van der Waals surface area contributed by atoms with E-state index in [1.165, 1.54) is 29.5 Å². The smallest absolute Gasteiger partial charge is 0.335 e. The molecule has 0 amide bonds. The first-order valence-corrected chi connectivity index (χ1v) is 9.07. The van der Waals surface area contributed by atoms with Gasteiger partial charge >= 0.3 is 5.97 Å². The van der Waals surface area contributed by atoms with Crippen molar-refractivity contribution >= 4 is 43.3 Å². The van der Waals surface area contributed by atoms with E-state index in [-0.39, 0.29) is 21.5 Å². The van der Waals surface area contributed by atoms with Gasteiger partial charge in [-0.1, -0.05) is 0 Å². The predicted molar refractivity (Wildman–Crippen MR) is 84.2 cm³/mol. The number of hydrogen-bond donors (Lipinski definition) is 2. The standard InChI is InChI=1S/C13H12BrNO4S2/c1-8-6-20-7-10(8)5-15-21(18,19)12-3-2-9(13(16)17)4-11(12)14/h2-4,6-7,15H,5H2,1H3,(H,16,17). The average Bonchev–Trinajstić information content (AvgIpc) is 2.81. The van der Waals surface area contributed by atoms with Crippen molar-refractivity contribution in [2.24, 2.45) is 0 Å². The molecule has 0 saturated heterocycles. The fraction of sp³-hybridized carbons (Fsp3) is 0.154. The lowest BCUT2D eigenvalue weighted by molar-refractivity contribution is 0.0696. The van der Waals surface area contributed by atoms with Gasteiger partial charge in [0.25, 0.3) is 0 Å². The van der Waals surface area contributed by atoms with Crippen LogP contribution in [-0.4, -0.2) is 19.5 Å². The third-order valence-electron chi connectivity index (χ3n) is 2.88. The molecule has 0 unspecified atom stereocenters. The summed E-state index contributed by atoms with van der Waals surface area (Å²) in [5, 5.41) is 12.7. The van der Waals surface area contributed by atoms with Gasteiger partial charge in [0.05, 0.1) is 10.5 Å². The zero-order valence-electron chi connectivity index (χ0n) is 11.0. The van der Waals surface area contributed by atoms with Crippen molar-refractivity contribution in [3.8, 4) is 0 Å². The van der Waals surface area contributed by atoms with Crippen molar-refractivity contribution in [1.29, 1.82) is 0 Å². The highest BCUT2D eigenvalue weighted by atomic mass is 79.9. The Kier molecular flexibility index (Phi) is 4.82. The highest BCUT2D eigenvalue weighted by Gasteiger charge is 2.19. The molecule has 0 fully saturated rings. The van der Waals surface area contributed by atoms with E-state index in [4.69, 9.17) is 5.11 Å². The molecule has 0 saturated carbocycles. The third kappa shape index (κ3) is 3.70. The molecule has 1 aromatic carbocycles. The van der Waals surface area contributed by atoms with Crippen LogP contribution in [0.5, 0.6) is 0 Å². The van der Waals surface area contributed by atoms with E-state index in [2.05, 4.69) is 20.7 Å². The van der Waals surface area contributed by atoms with Crippen LogP contribution in [0.2, 0.25) is 0 Å². The SMILES string of the molecule is Cc1cscc1CNS(=O)(=O)c1ccc(C(=O)O)cc1Br. The molecule has 0 atom stereocenters. The number of carboxylic acid groups (broad SMARTS) is 1. The summed E-state index contributed by atoms with van der Waals surface area (Å²) in [6.07, 6.45) is 0. The molecule has 8 heteroatoms. The topological polar surface area (TPSA) is 83.5 Å². The summed E-state index contributed by atoms with van der Waals surface area (Å²) in [6, 6.07) is 3.81. The van der Waals surface area contributed by atoms with E-state index < -0.39 is 16.0 Å². The predicted octanol–water partition coefficient (Wildman–Crippen LogP) is 3.00. The number of halogens is 1. The van der Waals surface area contributed by atoms with E-state index >= 15 is 0 Å². The number of sulfonamides is 1. The number of aryl methyl sites for hydroxylation is 1. The van der Waals surface area contributed by atoms with Gasteiger partial charge in [-0.15, -0.1) is 0 Å². The van der Waals surface area contributed by atoms with Crippen molar-refractivity contribution in [2.45, 2.75) is 18.4 Å². The number of rotatable bonds is 5. The number of carboxylic acids is 1. The molecule has 2 aromatic rings.